The smallest absolute Gasteiger partial charge is 0.255 e. The number of hydrogen-bond donors (Lipinski definition) is 0. The molecule has 2 nitrogen and oxygen atoms in total. The molecular weight excluding hydrogens is 182 g/mol. The number of hydrogen-bond acceptors (Lipinski definition) is 2. The van der Waals surface area contributed by atoms with E-state index >= 15 is 0 Å². The van der Waals surface area contributed by atoms with Crippen molar-refractivity contribution >= 4 is 29.3 Å². The number of nitrogens with zero attached hydrogens (tertiary/aromatic N) is 1. The van der Waals surface area contributed by atoms with Crippen LogP contribution in [0.5, 0.6) is 0 Å². The van der Waals surface area contributed by atoms with Gasteiger partial charge in [-0.3, -0.25) is 4.79 Å². The minimum Gasteiger partial charge on any atom is -0.314 e. The Hall–Kier alpha value is -0.150. The first-order valence-corrected chi connectivity index (χ1v) is 4.79. The van der Waals surface area contributed by atoms with Gasteiger partial charge in [0.1, 0.15) is 0 Å². The molecule has 1 rings (SSSR count). The largest absolute Gasteiger partial charge is 0.314 e. The van der Waals surface area contributed by atoms with Crippen LogP contribution in [-0.4, -0.2) is 21.6 Å². The number of thioether (sulfide) groups is 1. The zero-order valence-electron chi connectivity index (χ0n) is 6.45. The fourth-order valence-electron chi connectivity index (χ4n) is 0.845. The lowest BCUT2D eigenvalue weighted by atomic mass is 10.3. The van der Waals surface area contributed by atoms with Gasteiger partial charge in [-0.25, -0.2) is 0 Å². The SMILES string of the molecule is CC(C)N1C=CSC(Cl)C1=O. The normalized spacial score (nSPS) is 24.9. The van der Waals surface area contributed by atoms with Gasteiger partial charge in [-0.1, -0.05) is 11.6 Å². The van der Waals surface area contributed by atoms with Crippen LogP contribution in [0.15, 0.2) is 11.6 Å². The van der Waals surface area contributed by atoms with Crippen molar-refractivity contribution in [2.24, 2.45) is 0 Å². The lowest BCUT2D eigenvalue weighted by Crippen LogP contribution is -2.37. The van der Waals surface area contributed by atoms with Crippen molar-refractivity contribution in [2.45, 2.75) is 24.6 Å². The molecule has 0 aliphatic carbocycles. The fraction of sp³-hybridized carbons (Fsp3) is 0.571. The van der Waals surface area contributed by atoms with E-state index in [0.29, 0.717) is 0 Å². The Morgan fingerprint density at radius 2 is 2.36 bits per heavy atom. The third-order valence-electron chi connectivity index (χ3n) is 1.42. The number of amides is 1. The highest BCUT2D eigenvalue weighted by atomic mass is 35.5. The lowest BCUT2D eigenvalue weighted by molar-refractivity contribution is -0.128. The van der Waals surface area contributed by atoms with Gasteiger partial charge in [0.2, 0.25) is 0 Å². The van der Waals surface area contributed by atoms with E-state index in [1.807, 2.05) is 19.3 Å². The highest BCUT2D eigenvalue weighted by molar-refractivity contribution is 8.04. The Bertz CT molecular complexity index is 193. The van der Waals surface area contributed by atoms with Crippen LogP contribution < -0.4 is 0 Å². The summed E-state index contributed by atoms with van der Waals surface area (Å²) in [5.74, 6) is -0.0193. The number of alkyl halides is 1. The van der Waals surface area contributed by atoms with Crippen LogP contribution >= 0.6 is 23.4 Å². The van der Waals surface area contributed by atoms with E-state index < -0.39 is 4.71 Å². The second kappa shape index (κ2) is 3.50. The van der Waals surface area contributed by atoms with Gasteiger partial charge in [0.05, 0.1) is 0 Å². The first kappa shape index (κ1) is 8.94. The quantitative estimate of drug-likeness (QED) is 0.591. The minimum absolute atomic E-state index is 0.0193. The molecule has 0 fully saturated rings. The summed E-state index contributed by atoms with van der Waals surface area (Å²) in [4.78, 5) is 12.9. The van der Waals surface area contributed by atoms with Gasteiger partial charge in [-0.2, -0.15) is 0 Å². The van der Waals surface area contributed by atoms with Gasteiger partial charge >= 0.3 is 0 Å². The van der Waals surface area contributed by atoms with E-state index in [0.717, 1.165) is 0 Å². The molecule has 62 valence electrons. The van der Waals surface area contributed by atoms with Gasteiger partial charge in [0, 0.05) is 12.2 Å². The predicted octanol–water partition coefficient (Wildman–Crippen LogP) is 2.01. The number of carbonyl (C=O) groups is 1. The Morgan fingerprint density at radius 1 is 1.73 bits per heavy atom. The van der Waals surface area contributed by atoms with Gasteiger partial charge in [-0.15, -0.1) is 11.8 Å². The molecule has 1 atom stereocenters. The second-order valence-corrected chi connectivity index (χ2v) is 4.29. The molecule has 1 unspecified atom stereocenters. The molecule has 1 aliphatic heterocycles. The van der Waals surface area contributed by atoms with Gasteiger partial charge < -0.3 is 4.90 Å². The maximum atomic E-state index is 11.3. The van der Waals surface area contributed by atoms with Crippen molar-refractivity contribution in [2.75, 3.05) is 0 Å². The first-order valence-electron chi connectivity index (χ1n) is 3.41. The van der Waals surface area contributed by atoms with Crippen molar-refractivity contribution in [1.82, 2.24) is 4.90 Å². The van der Waals surface area contributed by atoms with Crippen molar-refractivity contribution in [3.8, 4) is 0 Å². The van der Waals surface area contributed by atoms with Gasteiger partial charge in [-0.05, 0) is 19.3 Å². The molecule has 0 radical (unpaired) electrons. The Morgan fingerprint density at radius 3 is 2.82 bits per heavy atom. The second-order valence-electron chi connectivity index (χ2n) is 2.58. The van der Waals surface area contributed by atoms with Gasteiger partial charge in [0.25, 0.3) is 5.91 Å². The maximum Gasteiger partial charge on any atom is 0.255 e. The Labute approximate surface area is 75.6 Å². The molecule has 0 saturated heterocycles. The van der Waals surface area contributed by atoms with Crippen molar-refractivity contribution in [1.29, 1.82) is 0 Å². The van der Waals surface area contributed by atoms with E-state index in [1.165, 1.54) is 11.8 Å². The molecule has 0 bridgehead atoms. The molecule has 1 amide bonds. The lowest BCUT2D eigenvalue weighted by Gasteiger charge is -2.27. The average Bonchev–Trinajstić information content (AvgIpc) is 1.94. The summed E-state index contributed by atoms with van der Waals surface area (Å²) in [5, 5.41) is 1.85. The van der Waals surface area contributed by atoms with Crippen LogP contribution in [0, 0.1) is 0 Å². The van der Waals surface area contributed by atoms with E-state index in [1.54, 1.807) is 11.1 Å². The molecule has 0 aromatic carbocycles. The summed E-state index contributed by atoms with van der Waals surface area (Å²) < 4.78 is -0.442. The molecule has 0 aromatic rings. The van der Waals surface area contributed by atoms with E-state index in [9.17, 15) is 4.79 Å². The molecule has 0 spiro atoms. The van der Waals surface area contributed by atoms with Crippen molar-refractivity contribution < 1.29 is 4.79 Å². The molecule has 1 heterocycles. The molecule has 0 saturated carbocycles. The van der Waals surface area contributed by atoms with Crippen LogP contribution in [0.2, 0.25) is 0 Å². The summed E-state index contributed by atoms with van der Waals surface area (Å²) in [6.45, 7) is 3.92. The maximum absolute atomic E-state index is 11.3. The summed E-state index contributed by atoms with van der Waals surface area (Å²) in [7, 11) is 0. The summed E-state index contributed by atoms with van der Waals surface area (Å²) in [6, 6.07) is 0.195. The van der Waals surface area contributed by atoms with E-state index in [2.05, 4.69) is 0 Å². The summed E-state index contributed by atoms with van der Waals surface area (Å²) in [6.07, 6.45) is 1.77. The highest BCUT2D eigenvalue weighted by Gasteiger charge is 2.25. The molecule has 0 N–H and O–H groups in total. The molecule has 0 aromatic heterocycles. The Kier molecular flexibility index (Phi) is 2.84. The minimum atomic E-state index is -0.442. The van der Waals surface area contributed by atoms with Crippen LogP contribution in [-0.2, 0) is 4.79 Å². The predicted molar refractivity (Wildman–Crippen MR) is 48.4 cm³/mol. The van der Waals surface area contributed by atoms with Gasteiger partial charge in [0.15, 0.2) is 4.71 Å². The van der Waals surface area contributed by atoms with Crippen LogP contribution in [0.4, 0.5) is 0 Å². The highest BCUT2D eigenvalue weighted by Crippen LogP contribution is 2.25. The van der Waals surface area contributed by atoms with E-state index in [4.69, 9.17) is 11.6 Å². The number of carbonyl (C=O) groups excluding carboxylic acids is 1. The zero-order valence-corrected chi connectivity index (χ0v) is 8.02. The topological polar surface area (TPSA) is 20.3 Å². The zero-order chi connectivity index (χ0) is 8.43. The van der Waals surface area contributed by atoms with Crippen molar-refractivity contribution in [3.63, 3.8) is 0 Å². The average molecular weight is 192 g/mol. The molecule has 11 heavy (non-hydrogen) atoms. The van der Waals surface area contributed by atoms with Crippen LogP contribution in [0.25, 0.3) is 0 Å². The third kappa shape index (κ3) is 1.91. The third-order valence-corrected chi connectivity index (χ3v) is 2.64. The van der Waals surface area contributed by atoms with Crippen LogP contribution in [0.3, 0.4) is 0 Å². The molecule has 1 aliphatic rings. The van der Waals surface area contributed by atoms with Crippen LogP contribution in [0.1, 0.15) is 13.8 Å². The number of rotatable bonds is 1. The monoisotopic (exact) mass is 191 g/mol. The number of halogens is 1. The first-order chi connectivity index (χ1) is 5.13. The standard InChI is InChI=1S/C7H10ClNOS/c1-5(2)9-3-4-11-6(8)7(9)10/h3-6H,1-2H3. The Balaban J connectivity index is 2.73. The van der Waals surface area contributed by atoms with E-state index in [-0.39, 0.29) is 11.9 Å². The summed E-state index contributed by atoms with van der Waals surface area (Å²) in [5.41, 5.74) is 0. The fourth-order valence-corrected chi connectivity index (χ4v) is 1.71. The summed E-state index contributed by atoms with van der Waals surface area (Å²) >= 11 is 7.07. The molecule has 4 heteroatoms. The molecular formula is C7H10ClNOS. The van der Waals surface area contributed by atoms with Crippen molar-refractivity contribution in [3.05, 3.63) is 11.6 Å².